The Morgan fingerprint density at radius 1 is 1.14 bits per heavy atom. The molecule has 1 unspecified atom stereocenters. The van der Waals surface area contributed by atoms with Gasteiger partial charge < -0.3 is 18.9 Å². The van der Waals surface area contributed by atoms with Gasteiger partial charge in [-0.3, -0.25) is 19.5 Å². The molecule has 2 aliphatic rings. The number of nitro groups is 1. The van der Waals surface area contributed by atoms with Crippen molar-refractivity contribution in [2.24, 2.45) is 0 Å². The maximum absolute atomic E-state index is 13.5. The number of piperidine rings is 1. The summed E-state index contributed by atoms with van der Waals surface area (Å²) in [6.45, 7) is 4.66. The molecule has 2 aromatic carbocycles. The van der Waals surface area contributed by atoms with Crippen molar-refractivity contribution in [3.8, 4) is 5.75 Å². The number of nitrogens with zero attached hydrogens (tertiary/aromatic N) is 5. The monoisotopic (exact) mass is 591 g/mol. The van der Waals surface area contributed by atoms with Crippen molar-refractivity contribution in [2.75, 3.05) is 19.6 Å². The van der Waals surface area contributed by atoms with Crippen LogP contribution in [0.25, 0.3) is 11.0 Å². The minimum Gasteiger partial charge on any atom is -0.422 e. The molecule has 6 rings (SSSR count). The number of fused-ring (bicyclic) bond motifs is 2. The molecule has 2 aliphatic heterocycles. The molecule has 1 saturated heterocycles. The van der Waals surface area contributed by atoms with E-state index in [1.165, 1.54) is 36.4 Å². The lowest BCUT2D eigenvalue weighted by Gasteiger charge is -2.31. The minimum absolute atomic E-state index is 0.108. The highest BCUT2D eigenvalue weighted by molar-refractivity contribution is 5.79. The first kappa shape index (κ1) is 28.5. The van der Waals surface area contributed by atoms with Crippen molar-refractivity contribution in [3.05, 3.63) is 91.5 Å². The second-order valence-electron chi connectivity index (χ2n) is 10.9. The van der Waals surface area contributed by atoms with Gasteiger partial charge in [-0.25, -0.2) is 14.2 Å². The van der Waals surface area contributed by atoms with Gasteiger partial charge in [-0.1, -0.05) is 5.16 Å². The Balaban J connectivity index is 1.07. The van der Waals surface area contributed by atoms with Crippen molar-refractivity contribution >= 4 is 22.8 Å². The molecule has 0 aliphatic carbocycles. The summed E-state index contributed by atoms with van der Waals surface area (Å²) in [7, 11) is 0. The Kier molecular flexibility index (Phi) is 7.89. The van der Waals surface area contributed by atoms with Crippen molar-refractivity contribution in [3.63, 3.8) is 0 Å². The Labute approximate surface area is 245 Å². The normalized spacial score (nSPS) is 17.5. The predicted molar refractivity (Wildman–Crippen MR) is 152 cm³/mol. The lowest BCUT2D eigenvalue weighted by atomic mass is 9.91. The Morgan fingerprint density at radius 3 is 2.65 bits per heavy atom. The number of rotatable bonds is 7. The first-order valence-corrected chi connectivity index (χ1v) is 14.3. The van der Waals surface area contributed by atoms with Crippen LogP contribution in [0.3, 0.4) is 0 Å². The van der Waals surface area contributed by atoms with Crippen molar-refractivity contribution < 1.29 is 28.1 Å². The molecule has 4 heterocycles. The van der Waals surface area contributed by atoms with Crippen LogP contribution in [-0.4, -0.2) is 50.3 Å². The molecule has 12 nitrogen and oxygen atoms in total. The minimum atomic E-state index is -0.975. The van der Waals surface area contributed by atoms with Crippen LogP contribution in [0.2, 0.25) is 0 Å². The largest absolute Gasteiger partial charge is 0.514 e. The molecule has 2 aromatic heterocycles. The average Bonchev–Trinajstić information content (AvgIpc) is 3.41. The maximum atomic E-state index is 13.5. The Bertz CT molecular complexity index is 1730. The van der Waals surface area contributed by atoms with Crippen LogP contribution >= 0.6 is 0 Å². The van der Waals surface area contributed by atoms with Crippen LogP contribution < -0.4 is 10.3 Å². The molecule has 0 amide bonds. The molecule has 0 spiro atoms. The highest BCUT2D eigenvalue weighted by Gasteiger charge is 2.30. The van der Waals surface area contributed by atoms with Crippen molar-refractivity contribution in [1.82, 2.24) is 19.6 Å². The lowest BCUT2D eigenvalue weighted by Crippen LogP contribution is -2.38. The summed E-state index contributed by atoms with van der Waals surface area (Å²) >= 11 is 0. The van der Waals surface area contributed by atoms with E-state index >= 15 is 0 Å². The van der Waals surface area contributed by atoms with Crippen LogP contribution in [0.1, 0.15) is 60.5 Å². The predicted octanol–water partition coefficient (Wildman–Crippen LogP) is 5.21. The third kappa shape index (κ3) is 5.98. The summed E-state index contributed by atoms with van der Waals surface area (Å²) in [5.41, 5.74) is 2.32. The molecule has 1 atom stereocenters. The first-order chi connectivity index (χ1) is 20.8. The fraction of sp³-hybridized carbons (Fsp3) is 0.400. The van der Waals surface area contributed by atoms with Crippen LogP contribution in [0.4, 0.5) is 14.9 Å². The number of ether oxygens (including phenoxy) is 2. The molecule has 0 radical (unpaired) electrons. The van der Waals surface area contributed by atoms with Gasteiger partial charge in [-0.15, -0.1) is 0 Å². The fourth-order valence-corrected chi connectivity index (χ4v) is 5.94. The molecular weight excluding hydrogens is 561 g/mol. The molecular formula is C30H30FN5O7. The zero-order valence-electron chi connectivity index (χ0n) is 23.5. The molecule has 43 heavy (non-hydrogen) atoms. The van der Waals surface area contributed by atoms with Gasteiger partial charge in [0.15, 0.2) is 17.5 Å². The van der Waals surface area contributed by atoms with Gasteiger partial charge in [0, 0.05) is 53.9 Å². The SMILES string of the molecule is Cc1nc2n(c(=O)c1CCN1CCC(c3noc4cc(F)ccc34)CC1)CCCC2OC(=O)Oc1ccc([N+](=O)[O-])cc1. The molecule has 224 valence electrons. The van der Waals surface area contributed by atoms with E-state index in [4.69, 9.17) is 14.0 Å². The highest BCUT2D eigenvalue weighted by atomic mass is 19.1. The van der Waals surface area contributed by atoms with Gasteiger partial charge in [0.1, 0.15) is 11.6 Å². The molecule has 4 aromatic rings. The van der Waals surface area contributed by atoms with E-state index in [9.17, 15) is 24.1 Å². The second-order valence-corrected chi connectivity index (χ2v) is 10.9. The molecule has 0 N–H and O–H groups in total. The number of hydrogen-bond donors (Lipinski definition) is 0. The van der Waals surface area contributed by atoms with Crippen LogP contribution in [0, 0.1) is 22.9 Å². The van der Waals surface area contributed by atoms with Gasteiger partial charge >= 0.3 is 6.16 Å². The van der Waals surface area contributed by atoms with Crippen LogP contribution in [-0.2, 0) is 17.7 Å². The number of carbonyl (C=O) groups is 1. The van der Waals surface area contributed by atoms with Gasteiger partial charge in [0.2, 0.25) is 0 Å². The van der Waals surface area contributed by atoms with E-state index in [0.29, 0.717) is 55.0 Å². The third-order valence-corrected chi connectivity index (χ3v) is 8.24. The summed E-state index contributed by atoms with van der Waals surface area (Å²) in [6.07, 6.45) is 1.71. The van der Waals surface area contributed by atoms with Crippen LogP contribution in [0.5, 0.6) is 5.75 Å². The van der Waals surface area contributed by atoms with E-state index in [2.05, 4.69) is 15.0 Å². The van der Waals surface area contributed by atoms with E-state index in [-0.39, 0.29) is 28.7 Å². The molecule has 1 fully saturated rings. The fourth-order valence-electron chi connectivity index (χ4n) is 5.94. The number of carbonyl (C=O) groups excluding carboxylic acids is 1. The van der Waals surface area contributed by atoms with Crippen molar-refractivity contribution in [2.45, 2.75) is 57.6 Å². The number of nitro benzene ring substituents is 1. The quantitative estimate of drug-likeness (QED) is 0.122. The van der Waals surface area contributed by atoms with Crippen molar-refractivity contribution in [1.29, 1.82) is 0 Å². The van der Waals surface area contributed by atoms with Gasteiger partial charge in [-0.05, 0) is 76.4 Å². The van der Waals surface area contributed by atoms with Gasteiger partial charge in [0.25, 0.3) is 11.2 Å². The highest BCUT2D eigenvalue weighted by Crippen LogP contribution is 2.33. The van der Waals surface area contributed by atoms with E-state index < -0.39 is 17.2 Å². The molecule has 13 heteroatoms. The number of halogens is 1. The van der Waals surface area contributed by atoms with E-state index in [0.717, 1.165) is 37.0 Å². The number of hydrogen-bond acceptors (Lipinski definition) is 10. The summed E-state index contributed by atoms with van der Waals surface area (Å²) in [5.74, 6) is 0.374. The molecule has 0 bridgehead atoms. The summed E-state index contributed by atoms with van der Waals surface area (Å²) in [6, 6.07) is 9.59. The number of non-ortho nitro benzene ring substituents is 1. The maximum Gasteiger partial charge on any atom is 0.514 e. The van der Waals surface area contributed by atoms with Gasteiger partial charge in [-0.2, -0.15) is 0 Å². The lowest BCUT2D eigenvalue weighted by molar-refractivity contribution is -0.384. The number of aromatic nitrogens is 3. The summed E-state index contributed by atoms with van der Waals surface area (Å²) in [5, 5.41) is 15.9. The Hall–Kier alpha value is -4.65. The summed E-state index contributed by atoms with van der Waals surface area (Å²) in [4.78, 5) is 43.3. The molecule has 0 saturated carbocycles. The summed E-state index contributed by atoms with van der Waals surface area (Å²) < 4.78 is 31.2. The zero-order valence-corrected chi connectivity index (χ0v) is 23.5. The third-order valence-electron chi connectivity index (χ3n) is 8.24. The first-order valence-electron chi connectivity index (χ1n) is 14.3. The van der Waals surface area contributed by atoms with Crippen LogP contribution in [0.15, 0.2) is 51.8 Å². The Morgan fingerprint density at radius 2 is 1.91 bits per heavy atom. The smallest absolute Gasteiger partial charge is 0.422 e. The standard InChI is InChI=1S/C30H30FN5O7/c1-18-23(12-16-34-14-10-19(11-15-34)27-24-9-4-20(31)17-26(24)43-33-27)29(37)35-13-2-3-25(28(35)32-18)42-30(38)41-22-7-5-21(6-8-22)36(39)40/h4-9,17,19,25H,2-3,10-16H2,1H3. The van der Waals surface area contributed by atoms with E-state index in [1.807, 2.05) is 0 Å². The number of aryl methyl sites for hydroxylation is 1. The topological polar surface area (TPSA) is 143 Å². The zero-order chi connectivity index (χ0) is 30.1. The van der Waals surface area contributed by atoms with Gasteiger partial charge in [0.05, 0.1) is 10.6 Å². The second kappa shape index (κ2) is 11.9. The number of likely N-dealkylation sites (tertiary alicyclic amines) is 1. The average molecular weight is 592 g/mol. The van der Waals surface area contributed by atoms with E-state index in [1.54, 1.807) is 17.6 Å². The number of benzene rings is 2.